The second kappa shape index (κ2) is 4.49. The van der Waals surface area contributed by atoms with Crippen LogP contribution in [0.4, 0.5) is 10.1 Å². The van der Waals surface area contributed by atoms with Gasteiger partial charge < -0.3 is 15.2 Å². The molecule has 0 spiro atoms. The summed E-state index contributed by atoms with van der Waals surface area (Å²) in [7, 11) is 1.52. The Morgan fingerprint density at radius 2 is 2.13 bits per heavy atom. The minimum Gasteiger partial charge on any atom is -0.495 e. The second-order valence-electron chi connectivity index (χ2n) is 4.01. The number of rotatable bonds is 4. The average molecular weight is 213 g/mol. The number of anilines is 1. The fraction of sp³-hybridized carbons (Fsp3) is 0.455. The predicted molar refractivity (Wildman–Crippen MR) is 57.7 cm³/mol. The molecule has 0 aromatic heterocycles. The standard InChI is InChI=1S/C11H16FNO2/c1-11(2,14)7-13-9-6-8(12)4-5-10(9)15-3/h4-6,13-14H,7H2,1-3H3. The molecule has 4 heteroatoms. The number of nitrogens with one attached hydrogen (secondary N) is 1. The Labute approximate surface area is 88.9 Å². The van der Waals surface area contributed by atoms with Crippen molar-refractivity contribution in [1.82, 2.24) is 0 Å². The Balaban J connectivity index is 2.79. The van der Waals surface area contributed by atoms with E-state index in [2.05, 4.69) is 5.32 Å². The number of hydrogen-bond acceptors (Lipinski definition) is 3. The molecule has 0 atom stereocenters. The zero-order valence-electron chi connectivity index (χ0n) is 9.17. The lowest BCUT2D eigenvalue weighted by molar-refractivity contribution is 0.0944. The molecule has 3 nitrogen and oxygen atoms in total. The van der Waals surface area contributed by atoms with E-state index in [0.29, 0.717) is 18.0 Å². The van der Waals surface area contributed by atoms with Gasteiger partial charge in [0, 0.05) is 12.6 Å². The molecule has 15 heavy (non-hydrogen) atoms. The van der Waals surface area contributed by atoms with Gasteiger partial charge in [0.2, 0.25) is 0 Å². The van der Waals surface area contributed by atoms with Gasteiger partial charge >= 0.3 is 0 Å². The largest absolute Gasteiger partial charge is 0.495 e. The molecule has 0 saturated heterocycles. The van der Waals surface area contributed by atoms with Gasteiger partial charge in [-0.15, -0.1) is 0 Å². The van der Waals surface area contributed by atoms with Crippen LogP contribution in [0, 0.1) is 5.82 Å². The van der Waals surface area contributed by atoms with E-state index in [4.69, 9.17) is 4.74 Å². The average Bonchev–Trinajstić information content (AvgIpc) is 2.14. The number of methoxy groups -OCH3 is 1. The predicted octanol–water partition coefficient (Wildman–Crippen LogP) is 2.02. The summed E-state index contributed by atoms with van der Waals surface area (Å²) in [6, 6.07) is 4.21. The van der Waals surface area contributed by atoms with Crippen molar-refractivity contribution in [2.45, 2.75) is 19.4 Å². The van der Waals surface area contributed by atoms with Crippen LogP contribution in [0.2, 0.25) is 0 Å². The highest BCUT2D eigenvalue weighted by Crippen LogP contribution is 2.25. The lowest BCUT2D eigenvalue weighted by atomic mass is 10.1. The van der Waals surface area contributed by atoms with Gasteiger partial charge in [0.05, 0.1) is 18.4 Å². The van der Waals surface area contributed by atoms with Crippen molar-refractivity contribution in [1.29, 1.82) is 0 Å². The normalized spacial score (nSPS) is 11.3. The minimum absolute atomic E-state index is 0.326. The molecule has 1 rings (SSSR count). The first kappa shape index (κ1) is 11.8. The summed E-state index contributed by atoms with van der Waals surface area (Å²) in [5.41, 5.74) is -0.309. The van der Waals surface area contributed by atoms with Crippen LogP contribution in [0.1, 0.15) is 13.8 Å². The van der Waals surface area contributed by atoms with Gasteiger partial charge in [-0.05, 0) is 26.0 Å². The lowest BCUT2D eigenvalue weighted by Crippen LogP contribution is -2.29. The number of benzene rings is 1. The van der Waals surface area contributed by atoms with E-state index in [1.807, 2.05) is 0 Å². The van der Waals surface area contributed by atoms with Gasteiger partial charge in [-0.1, -0.05) is 0 Å². The van der Waals surface area contributed by atoms with Gasteiger partial charge in [0.1, 0.15) is 11.6 Å². The van der Waals surface area contributed by atoms with E-state index >= 15 is 0 Å². The molecule has 1 aromatic carbocycles. The van der Waals surface area contributed by atoms with Crippen LogP contribution in [0.25, 0.3) is 0 Å². The molecule has 1 aromatic rings. The molecule has 2 N–H and O–H groups in total. The molecular weight excluding hydrogens is 197 g/mol. The summed E-state index contributed by atoms with van der Waals surface area (Å²) >= 11 is 0. The van der Waals surface area contributed by atoms with E-state index in [-0.39, 0.29) is 5.82 Å². The van der Waals surface area contributed by atoms with E-state index in [9.17, 15) is 9.50 Å². The van der Waals surface area contributed by atoms with Crippen molar-refractivity contribution >= 4 is 5.69 Å². The Morgan fingerprint density at radius 1 is 1.47 bits per heavy atom. The highest BCUT2D eigenvalue weighted by Gasteiger charge is 2.13. The zero-order valence-corrected chi connectivity index (χ0v) is 9.17. The van der Waals surface area contributed by atoms with Crippen molar-refractivity contribution in [2.75, 3.05) is 19.0 Å². The van der Waals surface area contributed by atoms with Crippen LogP contribution in [-0.2, 0) is 0 Å². The van der Waals surface area contributed by atoms with Crippen LogP contribution in [-0.4, -0.2) is 24.4 Å². The Kier molecular flexibility index (Phi) is 3.52. The highest BCUT2D eigenvalue weighted by molar-refractivity contribution is 5.56. The van der Waals surface area contributed by atoms with Crippen molar-refractivity contribution in [2.24, 2.45) is 0 Å². The highest BCUT2D eigenvalue weighted by atomic mass is 19.1. The van der Waals surface area contributed by atoms with Gasteiger partial charge in [-0.25, -0.2) is 4.39 Å². The maximum absolute atomic E-state index is 12.9. The fourth-order valence-corrected chi connectivity index (χ4v) is 1.13. The molecule has 0 bridgehead atoms. The van der Waals surface area contributed by atoms with Gasteiger partial charge in [-0.2, -0.15) is 0 Å². The molecule has 0 radical (unpaired) electrons. The van der Waals surface area contributed by atoms with E-state index in [0.717, 1.165) is 0 Å². The summed E-state index contributed by atoms with van der Waals surface area (Å²) in [4.78, 5) is 0. The number of ether oxygens (including phenoxy) is 1. The molecule has 0 amide bonds. The fourth-order valence-electron chi connectivity index (χ4n) is 1.13. The molecule has 0 heterocycles. The van der Waals surface area contributed by atoms with Crippen molar-refractivity contribution in [3.63, 3.8) is 0 Å². The van der Waals surface area contributed by atoms with Crippen molar-refractivity contribution < 1.29 is 14.2 Å². The van der Waals surface area contributed by atoms with Crippen LogP contribution in [0.5, 0.6) is 5.75 Å². The molecule has 0 unspecified atom stereocenters. The van der Waals surface area contributed by atoms with Gasteiger partial charge in [0.15, 0.2) is 0 Å². The topological polar surface area (TPSA) is 41.5 Å². The van der Waals surface area contributed by atoms with Crippen LogP contribution >= 0.6 is 0 Å². The number of aliphatic hydroxyl groups is 1. The maximum atomic E-state index is 12.9. The third-order valence-electron chi connectivity index (χ3n) is 1.87. The van der Waals surface area contributed by atoms with Gasteiger partial charge in [0.25, 0.3) is 0 Å². The first-order valence-electron chi connectivity index (χ1n) is 4.72. The molecule has 0 fully saturated rings. The van der Waals surface area contributed by atoms with Crippen LogP contribution in [0.15, 0.2) is 18.2 Å². The molecule has 0 aliphatic rings. The monoisotopic (exact) mass is 213 g/mol. The Bertz CT molecular complexity index is 334. The molecule has 0 saturated carbocycles. The summed E-state index contributed by atoms with van der Waals surface area (Å²) in [5, 5.41) is 12.4. The van der Waals surface area contributed by atoms with Crippen molar-refractivity contribution in [3.8, 4) is 5.75 Å². The lowest BCUT2D eigenvalue weighted by Gasteiger charge is -2.19. The molecule has 0 aliphatic carbocycles. The smallest absolute Gasteiger partial charge is 0.142 e. The maximum Gasteiger partial charge on any atom is 0.142 e. The summed E-state index contributed by atoms with van der Waals surface area (Å²) in [6.07, 6.45) is 0. The number of hydrogen-bond donors (Lipinski definition) is 2. The van der Waals surface area contributed by atoms with Crippen LogP contribution < -0.4 is 10.1 Å². The summed E-state index contributed by atoms with van der Waals surface area (Å²) in [6.45, 7) is 3.67. The number of halogens is 1. The first-order valence-corrected chi connectivity index (χ1v) is 4.72. The summed E-state index contributed by atoms with van der Waals surface area (Å²) in [5.74, 6) is 0.217. The third-order valence-corrected chi connectivity index (χ3v) is 1.87. The van der Waals surface area contributed by atoms with E-state index in [1.165, 1.54) is 19.2 Å². The SMILES string of the molecule is COc1ccc(F)cc1NCC(C)(C)O. The molecule has 0 aliphatic heterocycles. The van der Waals surface area contributed by atoms with Crippen molar-refractivity contribution in [3.05, 3.63) is 24.0 Å². The third kappa shape index (κ3) is 3.75. The first-order chi connectivity index (χ1) is 6.92. The zero-order chi connectivity index (χ0) is 11.5. The summed E-state index contributed by atoms with van der Waals surface area (Å²) < 4.78 is 18.0. The van der Waals surface area contributed by atoms with Crippen LogP contribution in [0.3, 0.4) is 0 Å². The van der Waals surface area contributed by atoms with Gasteiger partial charge in [-0.3, -0.25) is 0 Å². The molecule has 84 valence electrons. The quantitative estimate of drug-likeness (QED) is 0.804. The Hall–Kier alpha value is -1.29. The minimum atomic E-state index is -0.850. The van der Waals surface area contributed by atoms with E-state index < -0.39 is 5.60 Å². The second-order valence-corrected chi connectivity index (χ2v) is 4.01. The molecular formula is C11H16FNO2. The Morgan fingerprint density at radius 3 is 2.67 bits per heavy atom. The van der Waals surface area contributed by atoms with E-state index in [1.54, 1.807) is 19.9 Å².